The van der Waals surface area contributed by atoms with E-state index in [4.69, 9.17) is 0 Å². The Hall–Kier alpha value is -2.74. The van der Waals surface area contributed by atoms with Crippen LogP contribution >= 0.6 is 0 Å². The molecule has 0 aliphatic heterocycles. The first kappa shape index (κ1) is 20.5. The summed E-state index contributed by atoms with van der Waals surface area (Å²) in [6.45, 7) is 0.153. The first-order valence-electron chi connectivity index (χ1n) is 9.66. The molecule has 3 aromatic carbocycles. The van der Waals surface area contributed by atoms with Crippen LogP contribution in [-0.2, 0) is 23.1 Å². The lowest BCUT2D eigenvalue weighted by Crippen LogP contribution is -2.38. The maximum absolute atomic E-state index is 13.5. The third kappa shape index (κ3) is 4.23. The quantitative estimate of drug-likeness (QED) is 0.490. The van der Waals surface area contributed by atoms with Crippen molar-refractivity contribution in [3.8, 4) is 0 Å². The van der Waals surface area contributed by atoms with Crippen LogP contribution < -0.4 is 0 Å². The topological polar surface area (TPSA) is 62.5 Å². The van der Waals surface area contributed by atoms with Gasteiger partial charge in [0.15, 0.2) is 0 Å². The van der Waals surface area contributed by atoms with E-state index >= 15 is 0 Å². The smallest absolute Gasteiger partial charge is 0.211 e. The molecular weight excluding hydrogens is 403 g/mol. The van der Waals surface area contributed by atoms with Crippen LogP contribution in [-0.4, -0.2) is 41.3 Å². The van der Waals surface area contributed by atoms with Crippen LogP contribution in [0.5, 0.6) is 0 Å². The minimum atomic E-state index is -3.59. The molecule has 0 spiro atoms. The number of hydrogen-bond acceptors (Lipinski definition) is 3. The van der Waals surface area contributed by atoms with Crippen LogP contribution in [0, 0.1) is 5.82 Å². The Balaban J connectivity index is 1.62. The van der Waals surface area contributed by atoms with Crippen molar-refractivity contribution in [1.82, 2.24) is 8.87 Å². The number of fused-ring (bicyclic) bond motifs is 3. The summed E-state index contributed by atoms with van der Waals surface area (Å²) in [6.07, 6.45) is 0.159. The Morgan fingerprint density at radius 3 is 2.13 bits per heavy atom. The van der Waals surface area contributed by atoms with Crippen LogP contribution in [0.2, 0.25) is 0 Å². The molecule has 0 saturated heterocycles. The van der Waals surface area contributed by atoms with Gasteiger partial charge in [-0.05, 0) is 29.8 Å². The molecule has 1 atom stereocenters. The lowest BCUT2D eigenvalue weighted by Gasteiger charge is -2.24. The molecule has 4 rings (SSSR count). The molecule has 1 unspecified atom stereocenters. The Morgan fingerprint density at radius 1 is 0.967 bits per heavy atom. The molecule has 156 valence electrons. The van der Waals surface area contributed by atoms with Crippen molar-refractivity contribution in [3.05, 3.63) is 84.2 Å². The van der Waals surface area contributed by atoms with Crippen molar-refractivity contribution >= 4 is 31.8 Å². The van der Waals surface area contributed by atoms with E-state index in [2.05, 4.69) is 0 Å². The van der Waals surface area contributed by atoms with E-state index in [-0.39, 0.29) is 19.6 Å². The molecule has 1 aromatic heterocycles. The largest absolute Gasteiger partial charge is 0.390 e. The van der Waals surface area contributed by atoms with Gasteiger partial charge < -0.3 is 9.67 Å². The molecule has 4 aromatic rings. The second-order valence-corrected chi connectivity index (χ2v) is 9.47. The zero-order valence-corrected chi connectivity index (χ0v) is 17.4. The highest BCUT2D eigenvalue weighted by molar-refractivity contribution is 7.88. The van der Waals surface area contributed by atoms with Crippen molar-refractivity contribution in [1.29, 1.82) is 0 Å². The van der Waals surface area contributed by atoms with Gasteiger partial charge in [-0.25, -0.2) is 12.8 Å². The second kappa shape index (κ2) is 8.18. The molecule has 30 heavy (non-hydrogen) atoms. The third-order valence-corrected chi connectivity index (χ3v) is 6.42. The van der Waals surface area contributed by atoms with E-state index < -0.39 is 21.9 Å². The number of benzene rings is 3. The van der Waals surface area contributed by atoms with Gasteiger partial charge in [0, 0.05) is 34.9 Å². The predicted molar refractivity (Wildman–Crippen MR) is 117 cm³/mol. The van der Waals surface area contributed by atoms with Crippen LogP contribution in [0.4, 0.5) is 4.39 Å². The van der Waals surface area contributed by atoms with E-state index in [1.54, 1.807) is 12.1 Å². The molecule has 7 heteroatoms. The summed E-state index contributed by atoms with van der Waals surface area (Å²) in [5.74, 6) is -0.424. The van der Waals surface area contributed by atoms with Crippen LogP contribution in [0.15, 0.2) is 72.8 Å². The summed E-state index contributed by atoms with van der Waals surface area (Å²) in [7, 11) is -3.59. The van der Waals surface area contributed by atoms with Gasteiger partial charge in [0.1, 0.15) is 5.82 Å². The minimum absolute atomic E-state index is 0.000821. The molecule has 0 amide bonds. The normalized spacial score (nSPS) is 13.3. The van der Waals surface area contributed by atoms with Crippen molar-refractivity contribution in [2.45, 2.75) is 19.2 Å². The Morgan fingerprint density at radius 2 is 1.57 bits per heavy atom. The summed E-state index contributed by atoms with van der Waals surface area (Å²) in [4.78, 5) is 0. The van der Waals surface area contributed by atoms with E-state index in [9.17, 15) is 17.9 Å². The van der Waals surface area contributed by atoms with Crippen molar-refractivity contribution in [2.24, 2.45) is 0 Å². The summed E-state index contributed by atoms with van der Waals surface area (Å²) in [5.41, 5.74) is 2.49. The fraction of sp³-hybridized carbons (Fsp3) is 0.217. The number of aliphatic hydroxyl groups is 1. The second-order valence-electron chi connectivity index (χ2n) is 7.48. The van der Waals surface area contributed by atoms with E-state index in [1.165, 1.54) is 16.4 Å². The molecule has 0 aliphatic rings. The van der Waals surface area contributed by atoms with Gasteiger partial charge in [-0.3, -0.25) is 0 Å². The number of para-hydroxylation sites is 2. The molecule has 5 nitrogen and oxygen atoms in total. The number of nitrogens with zero attached hydrogens (tertiary/aromatic N) is 2. The van der Waals surface area contributed by atoms with Gasteiger partial charge in [-0.2, -0.15) is 4.31 Å². The number of hydrogen-bond donors (Lipinski definition) is 1. The first-order valence-corrected chi connectivity index (χ1v) is 11.5. The number of halogens is 1. The number of sulfonamides is 1. The highest BCUT2D eigenvalue weighted by Crippen LogP contribution is 2.29. The number of aliphatic hydroxyl groups excluding tert-OH is 1. The van der Waals surface area contributed by atoms with E-state index in [0.717, 1.165) is 28.1 Å². The Labute approximate surface area is 175 Å². The van der Waals surface area contributed by atoms with Crippen LogP contribution in [0.1, 0.15) is 5.56 Å². The number of rotatable bonds is 7. The molecule has 0 radical (unpaired) electrons. The third-order valence-electron chi connectivity index (χ3n) is 5.20. The Bertz CT molecular complexity index is 1250. The van der Waals surface area contributed by atoms with E-state index in [1.807, 2.05) is 53.1 Å². The van der Waals surface area contributed by atoms with Crippen molar-refractivity contribution in [3.63, 3.8) is 0 Å². The first-order chi connectivity index (χ1) is 14.3. The summed E-state index contributed by atoms with van der Waals surface area (Å²) < 4.78 is 41.3. The lowest BCUT2D eigenvalue weighted by atomic mass is 10.2. The molecule has 1 N–H and O–H groups in total. The zero-order valence-electron chi connectivity index (χ0n) is 16.6. The molecular formula is C23H23FN2O3S. The van der Waals surface area contributed by atoms with Crippen molar-refractivity contribution < 1.29 is 17.9 Å². The van der Waals surface area contributed by atoms with Gasteiger partial charge in [0.05, 0.1) is 18.9 Å². The van der Waals surface area contributed by atoms with Crippen molar-refractivity contribution in [2.75, 3.05) is 12.8 Å². The highest BCUT2D eigenvalue weighted by atomic mass is 32.2. The molecule has 1 heterocycles. The van der Waals surface area contributed by atoms with Gasteiger partial charge in [0.25, 0.3) is 0 Å². The fourth-order valence-electron chi connectivity index (χ4n) is 3.86. The Kier molecular flexibility index (Phi) is 5.60. The standard InChI is InChI=1S/C23H23FN2O3S/c1-30(28,29)25(14-17-7-6-8-18(24)13-17)15-19(27)16-26-22-11-4-2-9-20(22)21-10-3-5-12-23(21)26/h2-13,19,27H,14-16H2,1H3. The van der Waals surface area contributed by atoms with Crippen LogP contribution in [0.3, 0.4) is 0 Å². The monoisotopic (exact) mass is 426 g/mol. The fourth-order valence-corrected chi connectivity index (χ4v) is 4.69. The van der Waals surface area contributed by atoms with Gasteiger partial charge >= 0.3 is 0 Å². The summed E-state index contributed by atoms with van der Waals surface area (Å²) in [6, 6.07) is 21.7. The maximum atomic E-state index is 13.5. The molecule has 0 aliphatic carbocycles. The predicted octanol–water partition coefficient (Wildman–Crippen LogP) is 3.76. The van der Waals surface area contributed by atoms with Crippen LogP contribution in [0.25, 0.3) is 21.8 Å². The van der Waals surface area contributed by atoms with E-state index in [0.29, 0.717) is 5.56 Å². The average molecular weight is 427 g/mol. The van der Waals surface area contributed by atoms with Gasteiger partial charge in [0.2, 0.25) is 10.0 Å². The molecule has 0 fully saturated rings. The zero-order chi connectivity index (χ0) is 21.3. The highest BCUT2D eigenvalue weighted by Gasteiger charge is 2.22. The molecule has 0 bridgehead atoms. The average Bonchev–Trinajstić information content (AvgIpc) is 3.01. The summed E-state index contributed by atoms with van der Waals surface area (Å²) >= 11 is 0. The number of aromatic nitrogens is 1. The SMILES string of the molecule is CS(=O)(=O)N(Cc1cccc(F)c1)CC(O)Cn1c2ccccc2c2ccccc21. The van der Waals surface area contributed by atoms with Gasteiger partial charge in [-0.15, -0.1) is 0 Å². The van der Waals surface area contributed by atoms with Gasteiger partial charge in [-0.1, -0.05) is 48.5 Å². The maximum Gasteiger partial charge on any atom is 0.211 e. The summed E-state index contributed by atoms with van der Waals surface area (Å²) in [5, 5.41) is 13.0. The molecule has 0 saturated carbocycles. The minimum Gasteiger partial charge on any atom is -0.390 e. The lowest BCUT2D eigenvalue weighted by molar-refractivity contribution is 0.129.